The number of fused-ring (bicyclic) bond motifs is 13. The highest BCUT2D eigenvalue weighted by atomic mass is 32.1. The quantitative estimate of drug-likeness (QED) is 0.177. The normalized spacial score (nSPS) is 15.9. The zero-order valence-corrected chi connectivity index (χ0v) is 33.9. The summed E-state index contributed by atoms with van der Waals surface area (Å²) in [6.07, 6.45) is 9.04. The topological polar surface area (TPSA) is 60.0 Å². The van der Waals surface area contributed by atoms with Gasteiger partial charge in [0.15, 0.2) is 11.6 Å². The smallest absolute Gasteiger partial charge is 0.238 e. The van der Waals surface area contributed by atoms with Gasteiger partial charge in [0.1, 0.15) is 11.2 Å². The summed E-state index contributed by atoms with van der Waals surface area (Å²) in [7, 11) is 0. The van der Waals surface area contributed by atoms with Gasteiger partial charge in [-0.15, -0.1) is 11.3 Å². The van der Waals surface area contributed by atoms with Crippen LogP contribution in [0.25, 0.3) is 103 Å². The van der Waals surface area contributed by atoms with E-state index < -0.39 is 0 Å². The van der Waals surface area contributed by atoms with Crippen LogP contribution in [0.15, 0.2) is 193 Å². The van der Waals surface area contributed by atoms with Crippen molar-refractivity contribution in [1.29, 1.82) is 0 Å². The predicted molar refractivity (Wildman–Crippen MR) is 256 cm³/mol. The fraction of sp³-hybridized carbons (Fsp3) is 0.0364. The molecular weight excluding hydrogens is 779 g/mol. The Labute approximate surface area is 359 Å². The van der Waals surface area contributed by atoms with Gasteiger partial charge >= 0.3 is 0 Å². The van der Waals surface area contributed by atoms with Crippen LogP contribution in [0, 0.1) is 0 Å². The number of thiophene rings is 1. The second-order valence-corrected chi connectivity index (χ2v) is 17.4. The van der Waals surface area contributed by atoms with Gasteiger partial charge in [0.2, 0.25) is 5.95 Å². The molecule has 290 valence electrons. The van der Waals surface area contributed by atoms with E-state index in [0.29, 0.717) is 17.6 Å². The molecule has 1 aliphatic heterocycles. The molecule has 0 spiro atoms. The molecule has 2 aliphatic rings. The van der Waals surface area contributed by atoms with Crippen molar-refractivity contribution in [3.8, 4) is 28.7 Å². The van der Waals surface area contributed by atoms with Crippen LogP contribution in [0.4, 0.5) is 11.4 Å². The third kappa shape index (κ3) is 4.82. The number of para-hydroxylation sites is 3. The number of nitrogens with zero attached hydrogens (tertiary/aromatic N) is 5. The number of furan rings is 1. The zero-order chi connectivity index (χ0) is 40.5. The molecule has 7 heteroatoms. The molecule has 0 N–H and O–H groups in total. The molecule has 1 aliphatic carbocycles. The Morgan fingerprint density at radius 1 is 0.516 bits per heavy atom. The van der Waals surface area contributed by atoms with Gasteiger partial charge in [0, 0.05) is 64.6 Å². The lowest BCUT2D eigenvalue weighted by Crippen LogP contribution is -2.28. The minimum atomic E-state index is 0.0850. The first kappa shape index (κ1) is 33.9. The van der Waals surface area contributed by atoms with Crippen molar-refractivity contribution in [2.75, 3.05) is 4.90 Å². The first-order valence-electron chi connectivity index (χ1n) is 21.0. The van der Waals surface area contributed by atoms with Gasteiger partial charge in [0.25, 0.3) is 0 Å². The monoisotopic (exact) mass is 811 g/mol. The molecule has 12 aromatic rings. The van der Waals surface area contributed by atoms with Gasteiger partial charge in [-0.1, -0.05) is 133 Å². The molecule has 0 saturated heterocycles. The molecular formula is C55H33N5OS. The van der Waals surface area contributed by atoms with E-state index >= 15 is 0 Å². The van der Waals surface area contributed by atoms with E-state index in [1.54, 1.807) is 11.3 Å². The fourth-order valence-electron chi connectivity index (χ4n) is 10.2. The van der Waals surface area contributed by atoms with Gasteiger partial charge < -0.3 is 9.32 Å². The maximum absolute atomic E-state index is 6.87. The summed E-state index contributed by atoms with van der Waals surface area (Å²) < 4.78 is 11.5. The molecule has 2 unspecified atom stereocenters. The molecule has 8 aromatic carbocycles. The van der Waals surface area contributed by atoms with E-state index in [2.05, 4.69) is 185 Å². The molecule has 0 saturated carbocycles. The van der Waals surface area contributed by atoms with Gasteiger partial charge in [-0.05, 0) is 70.9 Å². The molecule has 14 rings (SSSR count). The van der Waals surface area contributed by atoms with Gasteiger partial charge in [-0.3, -0.25) is 4.57 Å². The Balaban J connectivity index is 1.09. The predicted octanol–water partition coefficient (Wildman–Crippen LogP) is 14.5. The van der Waals surface area contributed by atoms with Crippen LogP contribution in [-0.2, 0) is 0 Å². The number of rotatable bonds is 4. The first-order chi connectivity index (χ1) is 30.7. The Hall–Kier alpha value is -7.87. The summed E-state index contributed by atoms with van der Waals surface area (Å²) in [6, 6.07) is 58.4. The van der Waals surface area contributed by atoms with Crippen molar-refractivity contribution in [3.05, 3.63) is 194 Å². The molecule has 0 fully saturated rings. The number of hydrogen-bond acceptors (Lipinski definition) is 6. The largest absolute Gasteiger partial charge is 0.455 e. The van der Waals surface area contributed by atoms with Crippen LogP contribution in [0.2, 0.25) is 0 Å². The van der Waals surface area contributed by atoms with Gasteiger partial charge in [-0.2, -0.15) is 9.97 Å². The van der Waals surface area contributed by atoms with Crippen LogP contribution in [0.1, 0.15) is 11.5 Å². The van der Waals surface area contributed by atoms with Gasteiger partial charge in [0.05, 0.1) is 22.6 Å². The fourth-order valence-corrected chi connectivity index (χ4v) is 11.4. The zero-order valence-electron chi connectivity index (χ0n) is 33.1. The minimum Gasteiger partial charge on any atom is -0.455 e. The van der Waals surface area contributed by atoms with Gasteiger partial charge in [-0.25, -0.2) is 4.98 Å². The number of hydrogen-bond donors (Lipinski definition) is 0. The molecule has 0 radical (unpaired) electrons. The van der Waals surface area contributed by atoms with Crippen molar-refractivity contribution in [2.45, 2.75) is 12.0 Å². The molecule has 5 heterocycles. The second kappa shape index (κ2) is 12.8. The highest BCUT2D eigenvalue weighted by Gasteiger charge is 2.38. The van der Waals surface area contributed by atoms with E-state index in [4.69, 9.17) is 19.4 Å². The average molecular weight is 812 g/mol. The maximum atomic E-state index is 6.87. The van der Waals surface area contributed by atoms with Crippen molar-refractivity contribution in [2.24, 2.45) is 0 Å². The molecule has 2 atom stereocenters. The summed E-state index contributed by atoms with van der Waals surface area (Å²) in [4.78, 5) is 18.9. The summed E-state index contributed by atoms with van der Waals surface area (Å²) in [5.74, 6) is 1.90. The van der Waals surface area contributed by atoms with Crippen molar-refractivity contribution < 1.29 is 4.42 Å². The number of benzene rings is 8. The van der Waals surface area contributed by atoms with E-state index in [0.717, 1.165) is 65.9 Å². The molecule has 62 heavy (non-hydrogen) atoms. The maximum Gasteiger partial charge on any atom is 0.238 e. The lowest BCUT2D eigenvalue weighted by Gasteiger charge is -2.29. The van der Waals surface area contributed by atoms with Crippen LogP contribution < -0.4 is 4.90 Å². The molecule has 0 bridgehead atoms. The van der Waals surface area contributed by atoms with E-state index in [1.165, 1.54) is 36.8 Å². The summed E-state index contributed by atoms with van der Waals surface area (Å²) in [5, 5.41) is 9.14. The molecule has 0 amide bonds. The third-order valence-corrected chi connectivity index (χ3v) is 14.1. The highest BCUT2D eigenvalue weighted by Crippen LogP contribution is 2.51. The first-order valence-corrected chi connectivity index (χ1v) is 21.8. The number of anilines is 2. The molecule has 6 nitrogen and oxygen atoms in total. The number of aromatic nitrogens is 4. The Morgan fingerprint density at radius 2 is 1.18 bits per heavy atom. The van der Waals surface area contributed by atoms with E-state index in [-0.39, 0.29) is 12.0 Å². The van der Waals surface area contributed by atoms with Crippen LogP contribution >= 0.6 is 11.3 Å². The highest BCUT2D eigenvalue weighted by molar-refractivity contribution is 7.25. The Kier molecular flexibility index (Phi) is 7.01. The summed E-state index contributed by atoms with van der Waals surface area (Å²) in [5.41, 5.74) is 8.96. The van der Waals surface area contributed by atoms with Crippen molar-refractivity contribution in [3.63, 3.8) is 0 Å². The standard InChI is InChI=1S/C55H33N5OS/c1-2-15-33-29-47-41(28-32(33)14-1)37-18-5-8-22-44(37)59(47)34-30-42-38-19-6-11-25-48(38)61-52(42)43(31-34)54-56-53(40-21-13-27-50-51(40)39-20-7-12-26-49(39)62-50)57-55(58-54)60-45-23-9-3-16-35(45)36-17-4-10-24-46(36)60/h1-31,37,44H. The van der Waals surface area contributed by atoms with Crippen molar-refractivity contribution >= 4 is 97.4 Å². The lowest BCUT2D eigenvalue weighted by atomic mass is 9.90. The molecule has 4 aromatic heterocycles. The van der Waals surface area contributed by atoms with E-state index in [9.17, 15) is 0 Å². The Morgan fingerprint density at radius 3 is 2.00 bits per heavy atom. The summed E-state index contributed by atoms with van der Waals surface area (Å²) >= 11 is 1.79. The van der Waals surface area contributed by atoms with Crippen LogP contribution in [0.3, 0.4) is 0 Å². The second-order valence-electron chi connectivity index (χ2n) is 16.3. The van der Waals surface area contributed by atoms with E-state index in [1.807, 2.05) is 12.1 Å². The van der Waals surface area contributed by atoms with Crippen LogP contribution in [-0.4, -0.2) is 25.6 Å². The third-order valence-electron chi connectivity index (χ3n) is 12.9. The lowest BCUT2D eigenvalue weighted by molar-refractivity contribution is 0.669. The summed E-state index contributed by atoms with van der Waals surface area (Å²) in [6.45, 7) is 0. The minimum absolute atomic E-state index is 0.0850. The van der Waals surface area contributed by atoms with Crippen LogP contribution in [0.5, 0.6) is 0 Å². The van der Waals surface area contributed by atoms with Crippen molar-refractivity contribution in [1.82, 2.24) is 19.5 Å². The average Bonchev–Trinajstić information content (AvgIpc) is 4.08. The number of allylic oxidation sites excluding steroid dienone is 2. The Bertz CT molecular complexity index is 3870. The SMILES string of the molecule is C1=CC2c3cc4ccccc4cc3N(c3cc(-c4nc(-c5cccc6sc7ccccc7c56)nc(-n5c6ccccc6c6ccccc65)n4)c4oc5ccccc5c4c3)C2C=C1.